The summed E-state index contributed by atoms with van der Waals surface area (Å²) in [6, 6.07) is 8.20. The van der Waals surface area contributed by atoms with Gasteiger partial charge in [-0.2, -0.15) is 5.26 Å². The van der Waals surface area contributed by atoms with Gasteiger partial charge in [-0.3, -0.25) is 9.78 Å². The van der Waals surface area contributed by atoms with Gasteiger partial charge in [-0.25, -0.2) is 0 Å². The van der Waals surface area contributed by atoms with Gasteiger partial charge in [-0.15, -0.1) is 0 Å². The van der Waals surface area contributed by atoms with Crippen LogP contribution in [0.25, 0.3) is 10.9 Å². The number of phenolic OH excluding ortho intramolecular Hbond substituents is 1. The van der Waals surface area contributed by atoms with Gasteiger partial charge in [0.1, 0.15) is 17.3 Å². The zero-order valence-electron chi connectivity index (χ0n) is 12.0. The van der Waals surface area contributed by atoms with E-state index in [1.54, 1.807) is 12.1 Å². The second-order valence-electron chi connectivity index (χ2n) is 4.48. The number of carbonyl (C=O) groups is 1. The van der Waals surface area contributed by atoms with Gasteiger partial charge in [-0.1, -0.05) is 10.3 Å². The number of hydrogen-bond donors (Lipinski definition) is 2. The summed E-state index contributed by atoms with van der Waals surface area (Å²) < 4.78 is 0.296. The molecule has 0 bridgehead atoms. The molecule has 0 spiro atoms. The Kier molecular flexibility index (Phi) is 5.75. The van der Waals surface area contributed by atoms with E-state index in [1.807, 2.05) is 6.07 Å². The van der Waals surface area contributed by atoms with Gasteiger partial charge >= 0.3 is 51.4 Å². The Morgan fingerprint density at radius 2 is 2.13 bits per heavy atom. The van der Waals surface area contributed by atoms with Crippen LogP contribution in [0.15, 0.2) is 34.7 Å². The third-order valence-corrected chi connectivity index (χ3v) is 4.68. The number of fused-ring (bicyclic) bond motifs is 1. The first kappa shape index (κ1) is 18.3. The second kappa shape index (κ2) is 7.23. The molecule has 5 nitrogen and oxygen atoms in total. The normalized spacial score (nSPS) is 10.0. The Morgan fingerprint density at radius 3 is 2.78 bits per heavy atom. The van der Waals surface area contributed by atoms with Crippen LogP contribution in [0.2, 0.25) is 0 Å². The molecule has 0 fully saturated rings. The van der Waals surface area contributed by atoms with Crippen molar-refractivity contribution in [3.05, 3.63) is 46.5 Å². The molecular weight excluding hydrogens is 357 g/mol. The maximum absolute atomic E-state index is 12.7. The van der Waals surface area contributed by atoms with E-state index in [0.717, 1.165) is 11.3 Å². The number of thiophene rings is 1. The van der Waals surface area contributed by atoms with E-state index in [4.69, 9.17) is 23.6 Å². The molecule has 0 radical (unpaired) electrons. The van der Waals surface area contributed by atoms with E-state index in [-0.39, 0.29) is 79.0 Å². The number of aromatic hydroxyl groups is 1. The third-order valence-electron chi connectivity index (χ3n) is 3.22. The number of carbonyl (C=O) groups excluding carboxylic acids is 1. The van der Waals surface area contributed by atoms with Crippen molar-refractivity contribution in [2.45, 2.75) is 4.21 Å². The number of nitrogens with two attached hydrogens (primary N) is 1. The molecule has 23 heavy (non-hydrogen) atoms. The molecule has 0 saturated carbocycles. The molecule has 8 heteroatoms. The number of nitrogen functional groups attached to an aromatic ring is 1. The number of anilines is 1. The van der Waals surface area contributed by atoms with Crippen LogP contribution < -0.4 is 57.1 Å². The Hall–Kier alpha value is -1.05. The zero-order valence-corrected chi connectivity index (χ0v) is 16.8. The SMILES string of the molecule is N#Cc1c([S-])sc(C(=O)c2ccc(O)c3ncccc23)c1N.[K+]. The molecule has 0 unspecified atom stereocenters. The third kappa shape index (κ3) is 3.14. The van der Waals surface area contributed by atoms with Crippen LogP contribution in [-0.4, -0.2) is 15.9 Å². The van der Waals surface area contributed by atoms with Crippen LogP contribution in [0.5, 0.6) is 5.75 Å². The number of pyridine rings is 1. The van der Waals surface area contributed by atoms with Gasteiger partial charge in [0, 0.05) is 22.0 Å². The molecule has 2 aromatic heterocycles. The molecule has 108 valence electrons. The second-order valence-corrected chi connectivity index (χ2v) is 6.17. The summed E-state index contributed by atoms with van der Waals surface area (Å²) in [5.74, 6) is -0.346. The molecule has 3 N–H and O–H groups in total. The standard InChI is InChI=1S/C15H9N3O2S2.K/c16-6-9-11(17)14(22-15(9)21)13(20)8-3-4-10(19)12-7(8)2-1-5-18-12;/h1-5,19,21H,17H2;/q;+1/p-1. The smallest absolute Gasteiger partial charge is 0.506 e. The van der Waals surface area contributed by atoms with E-state index in [0.29, 0.717) is 20.7 Å². The molecular formula is C15H8KN3O2S2. The predicted octanol–water partition coefficient (Wildman–Crippen LogP) is -0.403. The average Bonchev–Trinajstić information content (AvgIpc) is 2.81. The number of benzene rings is 1. The Balaban J connectivity index is 0.00000192. The summed E-state index contributed by atoms with van der Waals surface area (Å²) >= 11 is 6.07. The number of nitriles is 1. The van der Waals surface area contributed by atoms with Gasteiger partial charge in [0.2, 0.25) is 0 Å². The van der Waals surface area contributed by atoms with E-state index >= 15 is 0 Å². The molecule has 1 aromatic carbocycles. The minimum atomic E-state index is -0.340. The van der Waals surface area contributed by atoms with Gasteiger partial charge in [0.25, 0.3) is 0 Å². The van der Waals surface area contributed by atoms with Crippen LogP contribution in [0.1, 0.15) is 20.8 Å². The summed E-state index contributed by atoms with van der Waals surface area (Å²) in [6.45, 7) is 0. The maximum atomic E-state index is 12.7. The number of nitrogens with zero attached hydrogens (tertiary/aromatic N) is 2. The fourth-order valence-electron chi connectivity index (χ4n) is 2.17. The number of rotatable bonds is 2. The van der Waals surface area contributed by atoms with Crippen LogP contribution in [-0.2, 0) is 12.6 Å². The summed E-state index contributed by atoms with van der Waals surface area (Å²) in [6.07, 6.45) is 1.53. The molecule has 0 atom stereocenters. The van der Waals surface area contributed by atoms with Gasteiger partial charge in [0.05, 0.1) is 11.3 Å². The molecule has 0 aliphatic carbocycles. The van der Waals surface area contributed by atoms with Crippen molar-refractivity contribution in [3.63, 3.8) is 0 Å². The number of aromatic nitrogens is 1. The molecule has 3 aromatic rings. The molecule has 0 saturated heterocycles. The first-order valence-electron chi connectivity index (χ1n) is 6.15. The van der Waals surface area contributed by atoms with Crippen molar-refractivity contribution >= 4 is 46.3 Å². The largest absolute Gasteiger partial charge is 1.00 e. The molecule has 0 amide bonds. The number of hydrogen-bond acceptors (Lipinski definition) is 7. The van der Waals surface area contributed by atoms with E-state index in [9.17, 15) is 9.90 Å². The van der Waals surface area contributed by atoms with Crippen molar-refractivity contribution in [1.29, 1.82) is 5.26 Å². The molecule has 3 rings (SSSR count). The van der Waals surface area contributed by atoms with E-state index in [1.165, 1.54) is 18.3 Å². The molecule has 2 heterocycles. The van der Waals surface area contributed by atoms with Crippen molar-refractivity contribution in [1.82, 2.24) is 4.98 Å². The molecule has 0 aliphatic heterocycles. The first-order valence-corrected chi connectivity index (χ1v) is 7.37. The van der Waals surface area contributed by atoms with Crippen molar-refractivity contribution < 1.29 is 61.3 Å². The fraction of sp³-hybridized carbons (Fsp3) is 0. The van der Waals surface area contributed by atoms with Crippen molar-refractivity contribution in [3.8, 4) is 11.8 Å². The monoisotopic (exact) mass is 365 g/mol. The first-order chi connectivity index (χ1) is 10.5. The summed E-state index contributed by atoms with van der Waals surface area (Å²) in [5, 5.41) is 19.4. The minimum Gasteiger partial charge on any atom is -0.506 e. The fourth-order valence-corrected chi connectivity index (χ4v) is 3.44. The topological polar surface area (TPSA) is 100 Å². The van der Waals surface area contributed by atoms with Gasteiger partial charge in [0.15, 0.2) is 5.78 Å². The van der Waals surface area contributed by atoms with Crippen LogP contribution in [0.4, 0.5) is 5.69 Å². The van der Waals surface area contributed by atoms with Crippen LogP contribution in [0.3, 0.4) is 0 Å². The summed E-state index contributed by atoms with van der Waals surface area (Å²) in [4.78, 5) is 17.0. The average molecular weight is 365 g/mol. The van der Waals surface area contributed by atoms with Gasteiger partial charge in [-0.05, 0) is 18.2 Å². The zero-order chi connectivity index (χ0) is 15.9. The van der Waals surface area contributed by atoms with Gasteiger partial charge < -0.3 is 34.8 Å². The number of ketones is 1. The van der Waals surface area contributed by atoms with Crippen LogP contribution >= 0.6 is 11.3 Å². The van der Waals surface area contributed by atoms with Crippen molar-refractivity contribution in [2.24, 2.45) is 0 Å². The Bertz CT molecular complexity index is 963. The van der Waals surface area contributed by atoms with E-state index in [2.05, 4.69) is 4.98 Å². The predicted molar refractivity (Wildman–Crippen MR) is 85.9 cm³/mol. The number of phenols is 1. The van der Waals surface area contributed by atoms with Crippen molar-refractivity contribution in [2.75, 3.05) is 5.73 Å². The molecule has 0 aliphatic rings. The maximum Gasteiger partial charge on any atom is 1.00 e. The van der Waals surface area contributed by atoms with E-state index < -0.39 is 0 Å². The summed E-state index contributed by atoms with van der Waals surface area (Å²) in [7, 11) is 0. The Morgan fingerprint density at radius 1 is 1.39 bits per heavy atom. The minimum absolute atomic E-state index is 0. The van der Waals surface area contributed by atoms with Crippen LogP contribution in [0, 0.1) is 11.3 Å². The quantitative estimate of drug-likeness (QED) is 0.364. The Labute approximate surface area is 184 Å². The summed E-state index contributed by atoms with van der Waals surface area (Å²) in [5.41, 5.74) is 6.81.